The number of halogens is 2. The first-order valence-corrected chi connectivity index (χ1v) is 7.60. The second kappa shape index (κ2) is 4.85. The average molecular weight is 345 g/mol. The molecule has 0 saturated carbocycles. The standard InChI is InChI=1S/C13H11BrClNOS/c14-8-5-12(18-13(8)15)11-6-9(16)7-3-1-2-4-10(7)17-11/h1-5,9,11H,6,16H2/t9-,11?/m1/s1. The Kier molecular flexibility index (Phi) is 3.36. The molecule has 0 radical (unpaired) electrons. The first-order chi connectivity index (χ1) is 8.65. The van der Waals surface area contributed by atoms with Crippen LogP contribution >= 0.6 is 38.9 Å². The Bertz CT molecular complexity index is 567. The lowest BCUT2D eigenvalue weighted by Crippen LogP contribution is -2.23. The summed E-state index contributed by atoms with van der Waals surface area (Å²) in [6.45, 7) is 0. The molecule has 3 rings (SSSR count). The number of benzene rings is 1. The molecule has 2 heterocycles. The van der Waals surface area contributed by atoms with E-state index in [0.29, 0.717) is 0 Å². The minimum atomic E-state index is -0.0105. The molecule has 5 heteroatoms. The fourth-order valence-electron chi connectivity index (χ4n) is 2.15. The maximum Gasteiger partial charge on any atom is 0.135 e. The second-order valence-electron chi connectivity index (χ2n) is 4.26. The van der Waals surface area contributed by atoms with Crippen molar-refractivity contribution in [3.8, 4) is 5.75 Å². The molecular weight excluding hydrogens is 334 g/mol. The molecule has 0 fully saturated rings. The van der Waals surface area contributed by atoms with Crippen LogP contribution in [-0.2, 0) is 0 Å². The Morgan fingerprint density at radius 3 is 2.89 bits per heavy atom. The molecule has 2 nitrogen and oxygen atoms in total. The second-order valence-corrected chi connectivity index (χ2v) is 6.80. The van der Waals surface area contributed by atoms with Crippen LogP contribution in [0.15, 0.2) is 34.8 Å². The molecule has 94 valence electrons. The molecule has 2 atom stereocenters. The predicted octanol–water partition coefficient (Wildman–Crippen LogP) is 4.69. The molecule has 0 spiro atoms. The first kappa shape index (κ1) is 12.5. The quantitative estimate of drug-likeness (QED) is 0.814. The molecule has 0 amide bonds. The van der Waals surface area contributed by atoms with Crippen LogP contribution in [0.1, 0.15) is 29.0 Å². The summed E-state index contributed by atoms with van der Waals surface area (Å²) in [6, 6.07) is 9.96. The Balaban J connectivity index is 1.94. The van der Waals surface area contributed by atoms with Crippen LogP contribution in [0, 0.1) is 0 Å². The van der Waals surface area contributed by atoms with Gasteiger partial charge in [-0.2, -0.15) is 0 Å². The number of thiophene rings is 1. The van der Waals surface area contributed by atoms with E-state index in [1.807, 2.05) is 30.3 Å². The summed E-state index contributed by atoms with van der Waals surface area (Å²) in [5, 5.41) is 0. The van der Waals surface area contributed by atoms with E-state index in [2.05, 4.69) is 15.9 Å². The minimum Gasteiger partial charge on any atom is -0.484 e. The van der Waals surface area contributed by atoms with Gasteiger partial charge in [0.05, 0.1) is 0 Å². The molecule has 2 aromatic rings. The number of hydrogen-bond donors (Lipinski definition) is 1. The Labute approximate surface area is 123 Å². The first-order valence-electron chi connectivity index (χ1n) is 5.61. The number of fused-ring (bicyclic) bond motifs is 1. The number of rotatable bonds is 1. The van der Waals surface area contributed by atoms with Crippen LogP contribution in [0.2, 0.25) is 4.34 Å². The SMILES string of the molecule is N[C@@H]1CC(c2cc(Br)c(Cl)s2)Oc2ccccc21. The molecule has 18 heavy (non-hydrogen) atoms. The summed E-state index contributed by atoms with van der Waals surface area (Å²) in [5.41, 5.74) is 7.28. The highest BCUT2D eigenvalue weighted by Gasteiger charge is 2.28. The van der Waals surface area contributed by atoms with Gasteiger partial charge in [-0.3, -0.25) is 0 Å². The zero-order chi connectivity index (χ0) is 12.7. The molecule has 0 saturated heterocycles. The summed E-state index contributed by atoms with van der Waals surface area (Å²) in [5.74, 6) is 0.877. The highest BCUT2D eigenvalue weighted by Crippen LogP contribution is 2.43. The molecule has 1 aliphatic rings. The lowest BCUT2D eigenvalue weighted by Gasteiger charge is -2.29. The zero-order valence-electron chi connectivity index (χ0n) is 9.40. The summed E-state index contributed by atoms with van der Waals surface area (Å²) in [6.07, 6.45) is 0.768. The van der Waals surface area contributed by atoms with Crippen molar-refractivity contribution in [3.05, 3.63) is 49.6 Å². The van der Waals surface area contributed by atoms with E-state index in [0.717, 1.165) is 31.4 Å². The molecule has 1 aromatic carbocycles. The van der Waals surface area contributed by atoms with Gasteiger partial charge in [0.2, 0.25) is 0 Å². The summed E-state index contributed by atoms with van der Waals surface area (Å²) in [4.78, 5) is 1.11. The zero-order valence-corrected chi connectivity index (χ0v) is 12.6. The Morgan fingerprint density at radius 2 is 2.17 bits per heavy atom. The van der Waals surface area contributed by atoms with E-state index < -0.39 is 0 Å². The topological polar surface area (TPSA) is 35.2 Å². The van der Waals surface area contributed by atoms with Gasteiger partial charge < -0.3 is 10.5 Å². The van der Waals surface area contributed by atoms with Crippen LogP contribution in [0.25, 0.3) is 0 Å². The van der Waals surface area contributed by atoms with Gasteiger partial charge in [-0.1, -0.05) is 29.8 Å². The van der Waals surface area contributed by atoms with Crippen molar-refractivity contribution in [2.24, 2.45) is 5.73 Å². The number of ether oxygens (including phenoxy) is 1. The molecular formula is C13H11BrClNOS. The molecule has 1 aromatic heterocycles. The Hall–Kier alpha value is -0.550. The lowest BCUT2D eigenvalue weighted by atomic mass is 9.97. The average Bonchev–Trinajstić information content (AvgIpc) is 2.70. The fourth-order valence-corrected chi connectivity index (χ4v) is 3.93. The third-order valence-electron chi connectivity index (χ3n) is 3.04. The van der Waals surface area contributed by atoms with Crippen LogP contribution in [0.3, 0.4) is 0 Å². The van der Waals surface area contributed by atoms with Crippen molar-refractivity contribution >= 4 is 38.9 Å². The highest BCUT2D eigenvalue weighted by molar-refractivity contribution is 9.10. The van der Waals surface area contributed by atoms with Crippen LogP contribution < -0.4 is 10.5 Å². The van der Waals surface area contributed by atoms with Gasteiger partial charge >= 0.3 is 0 Å². The van der Waals surface area contributed by atoms with E-state index in [1.165, 1.54) is 11.3 Å². The van der Waals surface area contributed by atoms with Gasteiger partial charge in [-0.05, 0) is 28.1 Å². The van der Waals surface area contributed by atoms with E-state index >= 15 is 0 Å². The number of para-hydroxylation sites is 1. The van der Waals surface area contributed by atoms with Crippen LogP contribution in [0.4, 0.5) is 0 Å². The van der Waals surface area contributed by atoms with E-state index in [-0.39, 0.29) is 12.1 Å². The largest absolute Gasteiger partial charge is 0.484 e. The Morgan fingerprint density at radius 1 is 1.39 bits per heavy atom. The van der Waals surface area contributed by atoms with Crippen molar-refractivity contribution < 1.29 is 4.74 Å². The van der Waals surface area contributed by atoms with Crippen molar-refractivity contribution in [2.75, 3.05) is 0 Å². The van der Waals surface area contributed by atoms with Crippen LogP contribution in [-0.4, -0.2) is 0 Å². The molecule has 1 unspecified atom stereocenters. The maximum atomic E-state index is 6.20. The van der Waals surface area contributed by atoms with Gasteiger partial charge in [0, 0.05) is 27.4 Å². The maximum absolute atomic E-state index is 6.20. The summed E-state index contributed by atoms with van der Waals surface area (Å²) < 4.78 is 7.68. The van der Waals surface area contributed by atoms with E-state index in [4.69, 9.17) is 22.1 Å². The van der Waals surface area contributed by atoms with Crippen molar-refractivity contribution in [1.29, 1.82) is 0 Å². The van der Waals surface area contributed by atoms with Gasteiger partial charge in [-0.25, -0.2) is 0 Å². The summed E-state index contributed by atoms with van der Waals surface area (Å²) >= 11 is 11.0. The van der Waals surface area contributed by atoms with Gasteiger partial charge in [0.15, 0.2) is 0 Å². The third kappa shape index (κ3) is 2.18. The monoisotopic (exact) mass is 343 g/mol. The van der Waals surface area contributed by atoms with E-state index in [9.17, 15) is 0 Å². The number of hydrogen-bond acceptors (Lipinski definition) is 3. The number of nitrogens with two attached hydrogens (primary N) is 1. The van der Waals surface area contributed by atoms with Crippen molar-refractivity contribution in [1.82, 2.24) is 0 Å². The minimum absolute atomic E-state index is 0.0105. The van der Waals surface area contributed by atoms with Crippen LogP contribution in [0.5, 0.6) is 5.75 Å². The highest BCUT2D eigenvalue weighted by atomic mass is 79.9. The van der Waals surface area contributed by atoms with E-state index in [1.54, 1.807) is 0 Å². The third-order valence-corrected chi connectivity index (χ3v) is 5.60. The van der Waals surface area contributed by atoms with Gasteiger partial charge in [0.25, 0.3) is 0 Å². The van der Waals surface area contributed by atoms with Crippen molar-refractivity contribution in [3.63, 3.8) is 0 Å². The predicted molar refractivity (Wildman–Crippen MR) is 78.4 cm³/mol. The van der Waals surface area contributed by atoms with Crippen molar-refractivity contribution in [2.45, 2.75) is 18.6 Å². The molecule has 2 N–H and O–H groups in total. The smallest absolute Gasteiger partial charge is 0.135 e. The lowest BCUT2D eigenvalue weighted by molar-refractivity contribution is 0.165. The normalized spacial score (nSPS) is 22.4. The van der Waals surface area contributed by atoms with Gasteiger partial charge in [-0.15, -0.1) is 11.3 Å². The molecule has 0 aliphatic carbocycles. The molecule has 0 bridgehead atoms. The summed E-state index contributed by atoms with van der Waals surface area (Å²) in [7, 11) is 0. The fraction of sp³-hybridized carbons (Fsp3) is 0.231. The molecule has 1 aliphatic heterocycles. The van der Waals surface area contributed by atoms with Gasteiger partial charge in [0.1, 0.15) is 16.2 Å².